The Morgan fingerprint density at radius 3 is 2.38 bits per heavy atom. The first kappa shape index (κ1) is 15.4. The molecular weight excluding hydrogens is 206 g/mol. The molecule has 4 nitrogen and oxygen atoms in total. The third-order valence-electron chi connectivity index (χ3n) is 2.25. The van der Waals surface area contributed by atoms with E-state index in [4.69, 9.17) is 15.2 Å². The summed E-state index contributed by atoms with van der Waals surface area (Å²) in [7, 11) is 0. The Hall–Kier alpha value is -0.610. The molecule has 0 fully saturated rings. The van der Waals surface area contributed by atoms with Crippen LogP contribution in [-0.4, -0.2) is 31.8 Å². The van der Waals surface area contributed by atoms with Gasteiger partial charge in [0.15, 0.2) is 0 Å². The summed E-state index contributed by atoms with van der Waals surface area (Å²) in [6.07, 6.45) is 0.574. The highest BCUT2D eigenvalue weighted by Crippen LogP contribution is 2.13. The van der Waals surface area contributed by atoms with Crippen LogP contribution in [-0.2, 0) is 14.3 Å². The van der Waals surface area contributed by atoms with Crippen molar-refractivity contribution >= 4 is 5.97 Å². The number of carbonyl (C=O) groups is 1. The van der Waals surface area contributed by atoms with E-state index in [2.05, 4.69) is 13.8 Å². The Kier molecular flexibility index (Phi) is 8.21. The van der Waals surface area contributed by atoms with Gasteiger partial charge < -0.3 is 15.2 Å². The molecule has 0 radical (unpaired) electrons. The second-order valence-corrected chi connectivity index (χ2v) is 4.47. The van der Waals surface area contributed by atoms with E-state index in [1.807, 2.05) is 13.8 Å². The van der Waals surface area contributed by atoms with Gasteiger partial charge in [-0.15, -0.1) is 0 Å². The fourth-order valence-electron chi connectivity index (χ4n) is 1.47. The summed E-state index contributed by atoms with van der Waals surface area (Å²) in [4.78, 5) is 11.7. The molecule has 0 aliphatic heterocycles. The van der Waals surface area contributed by atoms with E-state index < -0.39 is 0 Å². The van der Waals surface area contributed by atoms with Gasteiger partial charge in [0.1, 0.15) is 6.10 Å². The molecule has 0 heterocycles. The summed E-state index contributed by atoms with van der Waals surface area (Å²) in [6.45, 7) is 9.30. The van der Waals surface area contributed by atoms with Crippen molar-refractivity contribution in [3.8, 4) is 0 Å². The highest BCUT2D eigenvalue weighted by molar-refractivity contribution is 5.72. The molecule has 0 saturated carbocycles. The fourth-order valence-corrected chi connectivity index (χ4v) is 1.47. The van der Waals surface area contributed by atoms with E-state index in [0.717, 1.165) is 6.42 Å². The molecule has 96 valence electrons. The number of hydrogen-bond donors (Lipinski definition) is 1. The van der Waals surface area contributed by atoms with Crippen molar-refractivity contribution in [1.82, 2.24) is 0 Å². The Bertz CT molecular complexity index is 195. The van der Waals surface area contributed by atoms with Gasteiger partial charge in [0.25, 0.3) is 0 Å². The standard InChI is InChI=1S/C12H25NO3/c1-5-15-8-10(4)16-12(14)11(7-13)6-9(2)3/h9-11H,5-8,13H2,1-4H3. The predicted octanol–water partition coefficient (Wildman–Crippen LogP) is 1.58. The van der Waals surface area contributed by atoms with Crippen molar-refractivity contribution in [2.24, 2.45) is 17.6 Å². The molecule has 0 aliphatic carbocycles. The molecule has 2 atom stereocenters. The van der Waals surface area contributed by atoms with Gasteiger partial charge in [-0.2, -0.15) is 0 Å². The van der Waals surface area contributed by atoms with Crippen molar-refractivity contribution in [2.45, 2.75) is 40.2 Å². The van der Waals surface area contributed by atoms with Gasteiger partial charge in [-0.05, 0) is 26.2 Å². The molecular formula is C12H25NO3. The van der Waals surface area contributed by atoms with Crippen LogP contribution in [0.15, 0.2) is 0 Å². The molecule has 2 N–H and O–H groups in total. The molecule has 0 amide bonds. The lowest BCUT2D eigenvalue weighted by atomic mass is 9.97. The van der Waals surface area contributed by atoms with Crippen LogP contribution in [0.25, 0.3) is 0 Å². The van der Waals surface area contributed by atoms with E-state index in [9.17, 15) is 4.79 Å². The lowest BCUT2D eigenvalue weighted by molar-refractivity contribution is -0.156. The van der Waals surface area contributed by atoms with Crippen LogP contribution in [0.2, 0.25) is 0 Å². The molecule has 2 unspecified atom stereocenters. The third kappa shape index (κ3) is 6.80. The van der Waals surface area contributed by atoms with Crippen LogP contribution in [0.5, 0.6) is 0 Å². The second kappa shape index (κ2) is 8.53. The zero-order valence-electron chi connectivity index (χ0n) is 10.9. The molecule has 0 spiro atoms. The van der Waals surface area contributed by atoms with Crippen molar-refractivity contribution in [1.29, 1.82) is 0 Å². The average molecular weight is 231 g/mol. The van der Waals surface area contributed by atoms with Crippen LogP contribution < -0.4 is 5.73 Å². The molecule has 0 aromatic rings. The van der Waals surface area contributed by atoms with E-state index in [1.54, 1.807) is 0 Å². The predicted molar refractivity (Wildman–Crippen MR) is 64.0 cm³/mol. The summed E-state index contributed by atoms with van der Waals surface area (Å²) < 4.78 is 10.4. The van der Waals surface area contributed by atoms with E-state index in [-0.39, 0.29) is 18.0 Å². The zero-order valence-corrected chi connectivity index (χ0v) is 10.9. The summed E-state index contributed by atoms with van der Waals surface area (Å²) in [5, 5.41) is 0. The first-order valence-corrected chi connectivity index (χ1v) is 5.99. The molecule has 0 rings (SSSR count). The van der Waals surface area contributed by atoms with Crippen LogP contribution in [0, 0.1) is 11.8 Å². The van der Waals surface area contributed by atoms with E-state index in [1.165, 1.54) is 0 Å². The smallest absolute Gasteiger partial charge is 0.310 e. The Labute approximate surface area is 98.5 Å². The highest BCUT2D eigenvalue weighted by atomic mass is 16.6. The van der Waals surface area contributed by atoms with Gasteiger partial charge in [-0.25, -0.2) is 0 Å². The van der Waals surface area contributed by atoms with Crippen LogP contribution in [0.3, 0.4) is 0 Å². The summed E-state index contributed by atoms with van der Waals surface area (Å²) in [6, 6.07) is 0. The van der Waals surface area contributed by atoms with Crippen LogP contribution in [0.4, 0.5) is 0 Å². The highest BCUT2D eigenvalue weighted by Gasteiger charge is 2.21. The lowest BCUT2D eigenvalue weighted by Gasteiger charge is -2.19. The van der Waals surface area contributed by atoms with Gasteiger partial charge in [-0.3, -0.25) is 4.79 Å². The minimum Gasteiger partial charge on any atom is -0.460 e. The third-order valence-corrected chi connectivity index (χ3v) is 2.25. The monoisotopic (exact) mass is 231 g/mol. The molecule has 4 heteroatoms. The summed E-state index contributed by atoms with van der Waals surface area (Å²) in [5.74, 6) is 0.0516. The molecule has 16 heavy (non-hydrogen) atoms. The SMILES string of the molecule is CCOCC(C)OC(=O)C(CN)CC(C)C. The Morgan fingerprint density at radius 2 is 1.94 bits per heavy atom. The molecule has 0 aliphatic rings. The second-order valence-electron chi connectivity index (χ2n) is 4.47. The number of hydrogen-bond acceptors (Lipinski definition) is 4. The van der Waals surface area contributed by atoms with Gasteiger partial charge in [0, 0.05) is 13.2 Å². The first-order chi connectivity index (χ1) is 7.51. The van der Waals surface area contributed by atoms with Crippen molar-refractivity contribution in [3.05, 3.63) is 0 Å². The first-order valence-electron chi connectivity index (χ1n) is 5.99. The normalized spacial score (nSPS) is 14.9. The van der Waals surface area contributed by atoms with E-state index in [0.29, 0.717) is 25.7 Å². The topological polar surface area (TPSA) is 61.5 Å². The van der Waals surface area contributed by atoms with Gasteiger partial charge in [0.2, 0.25) is 0 Å². The number of ether oxygens (including phenoxy) is 2. The Balaban J connectivity index is 3.99. The van der Waals surface area contributed by atoms with Gasteiger partial charge in [-0.1, -0.05) is 13.8 Å². The summed E-state index contributed by atoms with van der Waals surface area (Å²) >= 11 is 0. The van der Waals surface area contributed by atoms with Crippen molar-refractivity contribution in [2.75, 3.05) is 19.8 Å². The maximum absolute atomic E-state index is 11.7. The average Bonchev–Trinajstić information content (AvgIpc) is 2.22. The minimum absolute atomic E-state index is 0.191. The Morgan fingerprint density at radius 1 is 1.31 bits per heavy atom. The summed E-state index contributed by atoms with van der Waals surface area (Å²) in [5.41, 5.74) is 5.57. The van der Waals surface area contributed by atoms with E-state index >= 15 is 0 Å². The molecule has 0 saturated heterocycles. The van der Waals surface area contributed by atoms with Crippen molar-refractivity contribution < 1.29 is 14.3 Å². The fraction of sp³-hybridized carbons (Fsp3) is 0.917. The molecule has 0 aromatic heterocycles. The van der Waals surface area contributed by atoms with Crippen LogP contribution in [0.1, 0.15) is 34.1 Å². The lowest BCUT2D eigenvalue weighted by Crippen LogP contribution is -2.31. The quantitative estimate of drug-likeness (QED) is 0.644. The van der Waals surface area contributed by atoms with Crippen molar-refractivity contribution in [3.63, 3.8) is 0 Å². The number of nitrogens with two attached hydrogens (primary N) is 1. The zero-order chi connectivity index (χ0) is 12.6. The number of carbonyl (C=O) groups excluding carboxylic acids is 1. The molecule has 0 bridgehead atoms. The minimum atomic E-state index is -0.205. The molecule has 0 aromatic carbocycles. The number of esters is 1. The maximum atomic E-state index is 11.7. The van der Waals surface area contributed by atoms with Gasteiger partial charge >= 0.3 is 5.97 Å². The largest absolute Gasteiger partial charge is 0.460 e. The van der Waals surface area contributed by atoms with Crippen LogP contribution >= 0.6 is 0 Å². The number of rotatable bonds is 8. The van der Waals surface area contributed by atoms with Gasteiger partial charge in [0.05, 0.1) is 12.5 Å². The maximum Gasteiger partial charge on any atom is 0.310 e.